The molecule has 0 radical (unpaired) electrons. The van der Waals surface area contributed by atoms with E-state index in [0.717, 1.165) is 41.6 Å². The maximum absolute atomic E-state index is 12.0. The van der Waals surface area contributed by atoms with Gasteiger partial charge in [-0.05, 0) is 37.1 Å². The van der Waals surface area contributed by atoms with Crippen LogP contribution in [0.3, 0.4) is 0 Å². The molecule has 3 rings (SSSR count). The number of aromatic nitrogens is 3. The number of ketones is 1. The summed E-state index contributed by atoms with van der Waals surface area (Å²) in [4.78, 5) is 12.0. The topological polar surface area (TPSA) is 57.0 Å². The Balaban J connectivity index is 1.80. The Bertz CT molecular complexity index is 667. The van der Waals surface area contributed by atoms with Gasteiger partial charge in [0, 0.05) is 19.0 Å². The zero-order valence-electron chi connectivity index (χ0n) is 12.8. The minimum absolute atomic E-state index is 0.0281. The highest BCUT2D eigenvalue weighted by atomic mass is 32.2. The Morgan fingerprint density at radius 3 is 2.68 bits per heavy atom. The van der Waals surface area contributed by atoms with Gasteiger partial charge in [-0.1, -0.05) is 18.2 Å². The Labute approximate surface area is 134 Å². The lowest BCUT2D eigenvalue weighted by Gasteiger charge is -2.19. The summed E-state index contributed by atoms with van der Waals surface area (Å²) in [7, 11) is 3.59. The maximum atomic E-state index is 12.0. The molecular formula is C16H19N3O2S. The molecule has 1 saturated carbocycles. The van der Waals surface area contributed by atoms with Crippen LogP contribution >= 0.6 is 11.8 Å². The zero-order chi connectivity index (χ0) is 15.5. The SMILES string of the molecule is COc1ccc(-c2nnc(S[C@@H]3CCCCC3=O)n2C)cc1. The van der Waals surface area contributed by atoms with Gasteiger partial charge in [-0.2, -0.15) is 0 Å². The molecule has 1 heterocycles. The van der Waals surface area contributed by atoms with Crippen LogP contribution in [0.5, 0.6) is 5.75 Å². The van der Waals surface area contributed by atoms with E-state index in [4.69, 9.17) is 4.74 Å². The van der Waals surface area contributed by atoms with Crippen molar-refractivity contribution in [1.82, 2.24) is 14.8 Å². The number of methoxy groups -OCH3 is 1. The molecule has 0 N–H and O–H groups in total. The number of carbonyl (C=O) groups excluding carboxylic acids is 1. The Morgan fingerprint density at radius 2 is 2.00 bits per heavy atom. The van der Waals surface area contributed by atoms with Crippen LogP contribution in [0, 0.1) is 0 Å². The van der Waals surface area contributed by atoms with E-state index >= 15 is 0 Å². The van der Waals surface area contributed by atoms with Gasteiger partial charge in [-0.15, -0.1) is 10.2 Å². The van der Waals surface area contributed by atoms with E-state index < -0.39 is 0 Å². The van der Waals surface area contributed by atoms with Crippen LogP contribution in [0.1, 0.15) is 25.7 Å². The van der Waals surface area contributed by atoms with Gasteiger partial charge in [0.25, 0.3) is 0 Å². The lowest BCUT2D eigenvalue weighted by Crippen LogP contribution is -2.21. The van der Waals surface area contributed by atoms with E-state index in [-0.39, 0.29) is 5.25 Å². The van der Waals surface area contributed by atoms with Gasteiger partial charge >= 0.3 is 0 Å². The molecule has 22 heavy (non-hydrogen) atoms. The average Bonchev–Trinajstić information content (AvgIpc) is 2.91. The summed E-state index contributed by atoms with van der Waals surface area (Å²) in [6.07, 6.45) is 3.77. The first kappa shape index (κ1) is 15.1. The van der Waals surface area contributed by atoms with Crippen molar-refractivity contribution >= 4 is 17.5 Å². The highest BCUT2D eigenvalue weighted by Crippen LogP contribution is 2.32. The molecule has 6 heteroatoms. The van der Waals surface area contributed by atoms with Crippen LogP contribution < -0.4 is 4.74 Å². The summed E-state index contributed by atoms with van der Waals surface area (Å²) in [5, 5.41) is 9.35. The van der Waals surface area contributed by atoms with Crippen molar-refractivity contribution in [3.05, 3.63) is 24.3 Å². The van der Waals surface area contributed by atoms with E-state index in [1.165, 1.54) is 11.8 Å². The smallest absolute Gasteiger partial charge is 0.191 e. The first-order valence-electron chi connectivity index (χ1n) is 7.42. The summed E-state index contributed by atoms with van der Waals surface area (Å²) in [5.41, 5.74) is 0.984. The minimum atomic E-state index is 0.0281. The Kier molecular flexibility index (Phi) is 4.47. The molecule has 0 aliphatic heterocycles. The van der Waals surface area contributed by atoms with E-state index in [1.54, 1.807) is 7.11 Å². The highest BCUT2D eigenvalue weighted by Gasteiger charge is 2.25. The number of benzene rings is 1. The second kappa shape index (κ2) is 6.52. The van der Waals surface area contributed by atoms with Gasteiger partial charge in [0.1, 0.15) is 11.5 Å². The van der Waals surface area contributed by atoms with Crippen molar-refractivity contribution in [1.29, 1.82) is 0 Å². The van der Waals surface area contributed by atoms with Crippen molar-refractivity contribution in [2.75, 3.05) is 7.11 Å². The Hall–Kier alpha value is -1.82. The number of thioether (sulfide) groups is 1. The summed E-state index contributed by atoms with van der Waals surface area (Å²) in [5.74, 6) is 1.95. The van der Waals surface area contributed by atoms with Crippen molar-refractivity contribution in [3.63, 3.8) is 0 Å². The molecular weight excluding hydrogens is 298 g/mol. The molecule has 0 amide bonds. The fourth-order valence-corrected chi connectivity index (χ4v) is 3.73. The number of hydrogen-bond donors (Lipinski definition) is 0. The number of carbonyl (C=O) groups is 1. The standard InChI is InChI=1S/C16H19N3O2S/c1-19-15(11-7-9-12(21-2)10-8-11)17-18-16(19)22-14-6-4-3-5-13(14)20/h7-10,14H,3-6H2,1-2H3/t14-/m1/s1. The van der Waals surface area contributed by atoms with Crippen LogP contribution in [0.25, 0.3) is 11.4 Å². The van der Waals surface area contributed by atoms with E-state index in [1.807, 2.05) is 35.9 Å². The average molecular weight is 317 g/mol. The number of hydrogen-bond acceptors (Lipinski definition) is 5. The number of ether oxygens (including phenoxy) is 1. The second-order valence-corrected chi connectivity index (χ2v) is 6.58. The first-order chi connectivity index (χ1) is 10.7. The molecule has 1 aromatic carbocycles. The predicted octanol–water partition coefficient (Wildman–Crippen LogP) is 3.09. The zero-order valence-corrected chi connectivity index (χ0v) is 13.6. The quantitative estimate of drug-likeness (QED) is 0.867. The van der Waals surface area contributed by atoms with Gasteiger partial charge in [-0.25, -0.2) is 0 Å². The number of nitrogens with zero attached hydrogens (tertiary/aromatic N) is 3. The van der Waals surface area contributed by atoms with Gasteiger partial charge in [0.05, 0.1) is 12.4 Å². The normalized spacial score (nSPS) is 18.5. The van der Waals surface area contributed by atoms with Crippen LogP contribution in [-0.2, 0) is 11.8 Å². The number of Topliss-reactive ketones (excluding diaryl/α,β-unsaturated/α-hetero) is 1. The third-order valence-electron chi connectivity index (χ3n) is 3.93. The third-order valence-corrected chi connectivity index (χ3v) is 5.28. The molecule has 0 saturated heterocycles. The van der Waals surface area contributed by atoms with Crippen LogP contribution in [-0.4, -0.2) is 32.9 Å². The van der Waals surface area contributed by atoms with Crippen LogP contribution in [0.4, 0.5) is 0 Å². The fourth-order valence-electron chi connectivity index (χ4n) is 2.61. The highest BCUT2D eigenvalue weighted by molar-refractivity contribution is 8.00. The minimum Gasteiger partial charge on any atom is -0.497 e. The molecule has 0 spiro atoms. The molecule has 1 aromatic heterocycles. The van der Waals surface area contributed by atoms with Crippen molar-refractivity contribution in [3.8, 4) is 17.1 Å². The van der Waals surface area contributed by atoms with E-state index in [0.29, 0.717) is 12.2 Å². The van der Waals surface area contributed by atoms with Gasteiger partial charge in [-0.3, -0.25) is 4.79 Å². The molecule has 1 aliphatic carbocycles. The third kappa shape index (κ3) is 3.02. The Morgan fingerprint density at radius 1 is 1.23 bits per heavy atom. The molecule has 116 valence electrons. The van der Waals surface area contributed by atoms with Crippen molar-refractivity contribution in [2.45, 2.75) is 36.1 Å². The molecule has 0 bridgehead atoms. The predicted molar refractivity (Wildman–Crippen MR) is 86.1 cm³/mol. The number of rotatable bonds is 4. The molecule has 0 unspecified atom stereocenters. The molecule has 2 aromatic rings. The largest absolute Gasteiger partial charge is 0.497 e. The monoisotopic (exact) mass is 317 g/mol. The summed E-state index contributed by atoms with van der Waals surface area (Å²) >= 11 is 1.54. The summed E-state index contributed by atoms with van der Waals surface area (Å²) in [6, 6.07) is 7.73. The van der Waals surface area contributed by atoms with Gasteiger partial charge < -0.3 is 9.30 Å². The van der Waals surface area contributed by atoms with Crippen LogP contribution in [0.2, 0.25) is 0 Å². The lowest BCUT2D eigenvalue weighted by atomic mass is 9.99. The summed E-state index contributed by atoms with van der Waals surface area (Å²) in [6.45, 7) is 0. The van der Waals surface area contributed by atoms with Crippen molar-refractivity contribution < 1.29 is 9.53 Å². The summed E-state index contributed by atoms with van der Waals surface area (Å²) < 4.78 is 7.12. The van der Waals surface area contributed by atoms with E-state index in [2.05, 4.69) is 10.2 Å². The van der Waals surface area contributed by atoms with Crippen molar-refractivity contribution in [2.24, 2.45) is 7.05 Å². The molecule has 5 nitrogen and oxygen atoms in total. The first-order valence-corrected chi connectivity index (χ1v) is 8.30. The second-order valence-electron chi connectivity index (χ2n) is 5.41. The lowest BCUT2D eigenvalue weighted by molar-refractivity contribution is -0.119. The van der Waals surface area contributed by atoms with Gasteiger partial charge in [0.2, 0.25) is 0 Å². The van der Waals surface area contributed by atoms with E-state index in [9.17, 15) is 4.79 Å². The molecule has 1 aliphatic rings. The molecule has 1 atom stereocenters. The van der Waals surface area contributed by atoms with Crippen LogP contribution in [0.15, 0.2) is 29.4 Å². The maximum Gasteiger partial charge on any atom is 0.191 e. The molecule has 1 fully saturated rings. The fraction of sp³-hybridized carbons (Fsp3) is 0.438. The van der Waals surface area contributed by atoms with Gasteiger partial charge in [0.15, 0.2) is 11.0 Å².